The fourth-order valence-electron chi connectivity index (χ4n) is 1.23. The molecule has 0 amide bonds. The second kappa shape index (κ2) is 3.35. The average molecular weight is 140 g/mol. The lowest BCUT2D eigenvalue weighted by atomic mass is 10.2. The Morgan fingerprint density at radius 2 is 1.70 bits per heavy atom. The zero-order chi connectivity index (χ0) is 7.56. The lowest BCUT2D eigenvalue weighted by Crippen LogP contribution is -2.47. The van der Waals surface area contributed by atoms with Crippen molar-refractivity contribution in [2.45, 2.75) is 13.0 Å². The van der Waals surface area contributed by atoms with Gasteiger partial charge in [-0.1, -0.05) is 0 Å². The molecule has 2 nitrogen and oxygen atoms in total. The third-order valence-corrected chi connectivity index (χ3v) is 2.11. The number of hydrogen-bond acceptors (Lipinski definition) is 2. The van der Waals surface area contributed by atoms with Crippen molar-refractivity contribution < 1.29 is 0 Å². The van der Waals surface area contributed by atoms with Gasteiger partial charge in [0.1, 0.15) is 0 Å². The maximum absolute atomic E-state index is 5.72. The Morgan fingerprint density at radius 3 is 2.10 bits per heavy atom. The van der Waals surface area contributed by atoms with E-state index < -0.39 is 0 Å². The highest BCUT2D eigenvalue weighted by Gasteiger charge is 2.15. The Bertz CT molecular complexity index is 93.4. The van der Waals surface area contributed by atoms with E-state index in [0.717, 1.165) is 26.2 Å². The minimum Gasteiger partial charge on any atom is -0.304 e. The topological polar surface area (TPSA) is 6.48 Å². The molecule has 1 rings (SSSR count). The van der Waals surface area contributed by atoms with Crippen LogP contribution in [0.4, 0.5) is 0 Å². The maximum Gasteiger partial charge on any atom is 0.0113 e. The molecule has 10 heavy (non-hydrogen) atoms. The highest BCUT2D eigenvalue weighted by Crippen LogP contribution is 2.02. The van der Waals surface area contributed by atoms with Crippen LogP contribution in [0.15, 0.2) is 0 Å². The van der Waals surface area contributed by atoms with Gasteiger partial charge in [0.05, 0.1) is 0 Å². The largest absolute Gasteiger partial charge is 0.304 e. The van der Waals surface area contributed by atoms with Gasteiger partial charge in [-0.15, -0.1) is 0 Å². The summed E-state index contributed by atoms with van der Waals surface area (Å²) in [6, 6.07) is 0.230. The lowest BCUT2D eigenvalue weighted by molar-refractivity contribution is 0.135. The van der Waals surface area contributed by atoms with Crippen molar-refractivity contribution in [2.24, 2.45) is 0 Å². The van der Waals surface area contributed by atoms with Crippen LogP contribution in [0.5, 0.6) is 0 Å². The Morgan fingerprint density at radius 1 is 1.20 bits per heavy atom. The van der Waals surface area contributed by atoms with Crippen molar-refractivity contribution in [1.29, 1.82) is 0 Å². The third kappa shape index (κ3) is 1.96. The normalized spacial score (nSPS) is 24.0. The summed E-state index contributed by atoms with van der Waals surface area (Å²) in [5.74, 6) is 0. The van der Waals surface area contributed by atoms with Crippen LogP contribution in [0.1, 0.15) is 6.92 Å². The molecule has 1 fully saturated rings. The first-order valence-electron chi connectivity index (χ1n) is 3.88. The number of nitrogens with zero attached hydrogens (tertiary/aromatic N) is 2. The van der Waals surface area contributed by atoms with Gasteiger partial charge in [0.15, 0.2) is 0 Å². The van der Waals surface area contributed by atoms with Crippen LogP contribution >= 0.6 is 0 Å². The first-order chi connectivity index (χ1) is 4.70. The highest BCUT2D eigenvalue weighted by atomic mass is 15.3. The number of hydrogen-bond donors (Lipinski definition) is 0. The molecule has 0 spiro atoms. The molecule has 0 bridgehead atoms. The lowest BCUT2D eigenvalue weighted by Gasteiger charge is -2.34. The van der Waals surface area contributed by atoms with E-state index in [1.54, 1.807) is 0 Å². The molecule has 2 heteroatoms. The average Bonchev–Trinajstić information content (AvgIpc) is 1.88. The minimum absolute atomic E-state index is 0.230. The molecule has 0 saturated carbocycles. The Hall–Kier alpha value is -0.0800. The van der Waals surface area contributed by atoms with Gasteiger partial charge >= 0.3 is 0 Å². The van der Waals surface area contributed by atoms with Crippen molar-refractivity contribution in [3.8, 4) is 0 Å². The number of likely N-dealkylation sites (N-methyl/N-ethyl adjacent to an activating group) is 1. The van der Waals surface area contributed by atoms with Crippen molar-refractivity contribution in [2.75, 3.05) is 33.2 Å². The first-order valence-corrected chi connectivity index (χ1v) is 3.88. The zero-order valence-electron chi connectivity index (χ0n) is 6.88. The van der Waals surface area contributed by atoms with Crippen LogP contribution in [0, 0.1) is 6.92 Å². The van der Waals surface area contributed by atoms with Gasteiger partial charge in [0.2, 0.25) is 0 Å². The van der Waals surface area contributed by atoms with E-state index in [2.05, 4.69) is 16.8 Å². The van der Waals surface area contributed by atoms with Gasteiger partial charge < -0.3 is 4.90 Å². The summed E-state index contributed by atoms with van der Waals surface area (Å²) < 4.78 is 0. The smallest absolute Gasteiger partial charge is 0.0113 e. The van der Waals surface area contributed by atoms with Gasteiger partial charge in [0, 0.05) is 32.2 Å². The molecule has 1 saturated heterocycles. The maximum atomic E-state index is 5.72. The van der Waals surface area contributed by atoms with Crippen LogP contribution in [-0.2, 0) is 0 Å². The summed E-state index contributed by atoms with van der Waals surface area (Å²) in [4.78, 5) is 4.64. The van der Waals surface area contributed by atoms with Crippen LogP contribution in [-0.4, -0.2) is 49.1 Å². The van der Waals surface area contributed by atoms with E-state index in [1.807, 2.05) is 6.92 Å². The molecule has 1 atom stereocenters. The van der Waals surface area contributed by atoms with Gasteiger partial charge in [-0.2, -0.15) is 0 Å². The predicted molar refractivity (Wildman–Crippen MR) is 42.8 cm³/mol. The summed E-state index contributed by atoms with van der Waals surface area (Å²) >= 11 is 0. The number of piperazine rings is 1. The van der Waals surface area contributed by atoms with E-state index in [9.17, 15) is 0 Å². The summed E-state index contributed by atoms with van der Waals surface area (Å²) in [6.45, 7) is 12.3. The number of rotatable bonds is 1. The van der Waals surface area contributed by atoms with Crippen LogP contribution in [0.25, 0.3) is 0 Å². The van der Waals surface area contributed by atoms with Crippen LogP contribution in [0.2, 0.25) is 0 Å². The highest BCUT2D eigenvalue weighted by molar-refractivity contribution is 4.75. The Balaban J connectivity index is 2.26. The molecule has 0 N–H and O–H groups in total. The van der Waals surface area contributed by atoms with Gasteiger partial charge in [-0.25, -0.2) is 0 Å². The Labute approximate surface area is 63.8 Å². The first kappa shape index (κ1) is 8.02. The van der Waals surface area contributed by atoms with E-state index in [4.69, 9.17) is 6.92 Å². The molecular weight excluding hydrogens is 124 g/mol. The fourth-order valence-corrected chi connectivity index (χ4v) is 1.23. The summed E-state index contributed by atoms with van der Waals surface area (Å²) in [5, 5.41) is 0. The minimum atomic E-state index is 0.230. The van der Waals surface area contributed by atoms with Crippen molar-refractivity contribution >= 4 is 0 Å². The van der Waals surface area contributed by atoms with E-state index in [-0.39, 0.29) is 6.04 Å². The van der Waals surface area contributed by atoms with Gasteiger partial charge in [0.25, 0.3) is 0 Å². The molecular formula is C8H16N2. The zero-order valence-corrected chi connectivity index (χ0v) is 6.88. The molecule has 58 valence electrons. The van der Waals surface area contributed by atoms with Crippen LogP contribution in [0.3, 0.4) is 0 Å². The molecule has 1 unspecified atom stereocenters. The molecule has 1 aliphatic rings. The molecule has 0 aliphatic carbocycles. The summed E-state index contributed by atoms with van der Waals surface area (Å²) in [7, 11) is 2.15. The summed E-state index contributed by atoms with van der Waals surface area (Å²) in [6.07, 6.45) is 0. The standard InChI is InChI=1S/C8H16N2/c1-8(2)10-6-4-9(3)5-7-10/h1,8H,4-7H2,2-3H3. The molecule has 1 aliphatic heterocycles. The van der Waals surface area contributed by atoms with E-state index in [0.29, 0.717) is 0 Å². The van der Waals surface area contributed by atoms with Crippen molar-refractivity contribution in [3.63, 3.8) is 0 Å². The van der Waals surface area contributed by atoms with Crippen LogP contribution < -0.4 is 0 Å². The SMILES string of the molecule is [CH]C(C)N1CCN(C)CC1. The van der Waals surface area contributed by atoms with Gasteiger partial charge in [-0.05, 0) is 20.9 Å². The molecule has 0 aromatic heterocycles. The molecule has 0 aromatic carbocycles. The quantitative estimate of drug-likeness (QED) is 0.518. The summed E-state index contributed by atoms with van der Waals surface area (Å²) in [5.41, 5.74) is 0. The van der Waals surface area contributed by atoms with E-state index in [1.165, 1.54) is 0 Å². The van der Waals surface area contributed by atoms with Crippen molar-refractivity contribution in [1.82, 2.24) is 9.80 Å². The van der Waals surface area contributed by atoms with Gasteiger partial charge in [-0.3, -0.25) is 4.90 Å². The second-order valence-electron chi connectivity index (χ2n) is 3.08. The van der Waals surface area contributed by atoms with Crippen molar-refractivity contribution in [3.05, 3.63) is 6.92 Å². The predicted octanol–water partition coefficient (Wildman–Crippen LogP) is 0.333. The second-order valence-corrected chi connectivity index (χ2v) is 3.08. The molecule has 0 aromatic rings. The van der Waals surface area contributed by atoms with E-state index >= 15 is 0 Å². The molecule has 1 heterocycles. The molecule has 2 radical (unpaired) electrons. The third-order valence-electron chi connectivity index (χ3n) is 2.11. The monoisotopic (exact) mass is 140 g/mol. The Kier molecular flexibility index (Phi) is 2.69. The fraction of sp³-hybridized carbons (Fsp3) is 0.875.